The van der Waals surface area contributed by atoms with Gasteiger partial charge in [-0.2, -0.15) is 0 Å². The van der Waals surface area contributed by atoms with Crippen LogP contribution in [0.4, 0.5) is 0 Å². The number of nitrogens with one attached hydrogen (secondary N) is 1. The summed E-state index contributed by atoms with van der Waals surface area (Å²) in [6.45, 7) is 6.48. The molecule has 1 rings (SSSR count). The van der Waals surface area contributed by atoms with Crippen molar-refractivity contribution in [2.75, 3.05) is 6.54 Å². The molecular weight excluding hydrogens is 188 g/mol. The van der Waals surface area contributed by atoms with Gasteiger partial charge in [0, 0.05) is 18.4 Å². The maximum atomic E-state index is 9.71. The number of hydrogen-bond donors (Lipinski definition) is 2. The van der Waals surface area contributed by atoms with E-state index in [1.165, 1.54) is 5.56 Å². The maximum absolute atomic E-state index is 9.71. The average Bonchev–Trinajstić information content (AvgIpc) is 2.18. The fourth-order valence-corrected chi connectivity index (χ4v) is 1.23. The first-order valence-corrected chi connectivity index (χ1v) is 5.35. The van der Waals surface area contributed by atoms with Crippen LogP contribution < -0.4 is 5.32 Å². The number of aliphatic hydroxyl groups is 1. The molecule has 0 radical (unpaired) electrons. The number of pyridine rings is 1. The van der Waals surface area contributed by atoms with Gasteiger partial charge in [0.15, 0.2) is 0 Å². The van der Waals surface area contributed by atoms with E-state index >= 15 is 0 Å². The van der Waals surface area contributed by atoms with Crippen LogP contribution in [0.15, 0.2) is 24.5 Å². The molecule has 1 heterocycles. The molecule has 0 aromatic carbocycles. The summed E-state index contributed by atoms with van der Waals surface area (Å²) in [4.78, 5) is 4.05. The minimum absolute atomic E-state index is 0.0918. The van der Waals surface area contributed by atoms with Crippen molar-refractivity contribution in [2.24, 2.45) is 0 Å². The van der Waals surface area contributed by atoms with Gasteiger partial charge in [-0.25, -0.2) is 0 Å². The van der Waals surface area contributed by atoms with E-state index in [0.717, 1.165) is 13.0 Å². The second-order valence-electron chi connectivity index (χ2n) is 4.44. The Hall–Kier alpha value is -0.930. The summed E-state index contributed by atoms with van der Waals surface area (Å²) >= 11 is 0. The van der Waals surface area contributed by atoms with E-state index in [0.29, 0.717) is 0 Å². The van der Waals surface area contributed by atoms with E-state index in [-0.39, 0.29) is 6.04 Å². The molecule has 15 heavy (non-hydrogen) atoms. The Morgan fingerprint density at radius 1 is 1.53 bits per heavy atom. The lowest BCUT2D eigenvalue weighted by atomic mass is 10.0. The second kappa shape index (κ2) is 5.24. The van der Waals surface area contributed by atoms with E-state index in [4.69, 9.17) is 0 Å². The fraction of sp³-hybridized carbons (Fsp3) is 0.583. The van der Waals surface area contributed by atoms with Crippen LogP contribution in [0.3, 0.4) is 0 Å². The highest BCUT2D eigenvalue weighted by Gasteiger charge is 2.20. The summed E-state index contributed by atoms with van der Waals surface area (Å²) in [6, 6.07) is 4.09. The normalized spacial score (nSPS) is 13.9. The molecule has 2 N–H and O–H groups in total. The van der Waals surface area contributed by atoms with Crippen LogP contribution in [0.25, 0.3) is 0 Å². The van der Waals surface area contributed by atoms with Gasteiger partial charge in [-0.15, -0.1) is 0 Å². The van der Waals surface area contributed by atoms with Gasteiger partial charge >= 0.3 is 0 Å². The van der Waals surface area contributed by atoms with Crippen LogP contribution in [-0.2, 0) is 6.42 Å². The van der Waals surface area contributed by atoms with Gasteiger partial charge in [0.2, 0.25) is 0 Å². The summed E-state index contributed by atoms with van der Waals surface area (Å²) in [5.74, 6) is 0. The first kappa shape index (κ1) is 12.1. The van der Waals surface area contributed by atoms with Crippen molar-refractivity contribution in [3.63, 3.8) is 0 Å². The van der Waals surface area contributed by atoms with Crippen molar-refractivity contribution in [3.05, 3.63) is 30.1 Å². The van der Waals surface area contributed by atoms with Crippen molar-refractivity contribution in [2.45, 2.75) is 38.8 Å². The first-order valence-electron chi connectivity index (χ1n) is 5.35. The molecule has 84 valence electrons. The SMILES string of the molecule is CC(NCCc1cccnc1)C(C)(C)O. The van der Waals surface area contributed by atoms with Crippen molar-refractivity contribution >= 4 is 0 Å². The van der Waals surface area contributed by atoms with Gasteiger partial charge < -0.3 is 10.4 Å². The van der Waals surface area contributed by atoms with Crippen molar-refractivity contribution in [1.82, 2.24) is 10.3 Å². The predicted octanol–water partition coefficient (Wildman–Crippen LogP) is 1.37. The molecule has 0 aliphatic rings. The van der Waals surface area contributed by atoms with E-state index in [1.807, 2.05) is 33.0 Å². The first-order chi connectivity index (χ1) is 7.00. The summed E-state index contributed by atoms with van der Waals surface area (Å²) in [5, 5.41) is 13.0. The zero-order valence-corrected chi connectivity index (χ0v) is 9.70. The standard InChI is InChI=1S/C12H20N2O/c1-10(12(2,3)15)14-8-6-11-5-4-7-13-9-11/h4-5,7,9-10,14-15H,6,8H2,1-3H3. The summed E-state index contributed by atoms with van der Waals surface area (Å²) in [5.41, 5.74) is 0.544. The zero-order valence-electron chi connectivity index (χ0n) is 9.70. The third-order valence-electron chi connectivity index (χ3n) is 2.65. The highest BCUT2D eigenvalue weighted by molar-refractivity contribution is 5.08. The zero-order chi connectivity index (χ0) is 11.3. The number of aromatic nitrogens is 1. The molecule has 0 aliphatic carbocycles. The van der Waals surface area contributed by atoms with E-state index in [9.17, 15) is 5.11 Å². The highest BCUT2D eigenvalue weighted by Crippen LogP contribution is 2.07. The highest BCUT2D eigenvalue weighted by atomic mass is 16.3. The topological polar surface area (TPSA) is 45.2 Å². The smallest absolute Gasteiger partial charge is 0.0741 e. The molecule has 0 aliphatic heterocycles. The predicted molar refractivity (Wildman–Crippen MR) is 61.7 cm³/mol. The minimum Gasteiger partial charge on any atom is -0.389 e. The van der Waals surface area contributed by atoms with Crippen LogP contribution >= 0.6 is 0 Å². The van der Waals surface area contributed by atoms with Gasteiger partial charge in [0.05, 0.1) is 5.60 Å². The van der Waals surface area contributed by atoms with Gasteiger partial charge in [-0.3, -0.25) is 4.98 Å². The third kappa shape index (κ3) is 4.40. The minimum atomic E-state index is -0.672. The van der Waals surface area contributed by atoms with Crippen LogP contribution in [0.2, 0.25) is 0 Å². The molecule has 3 nitrogen and oxygen atoms in total. The average molecular weight is 208 g/mol. The Kier molecular flexibility index (Phi) is 4.24. The Morgan fingerprint density at radius 2 is 2.27 bits per heavy atom. The quantitative estimate of drug-likeness (QED) is 0.768. The lowest BCUT2D eigenvalue weighted by molar-refractivity contribution is 0.0446. The Bertz CT molecular complexity index is 279. The molecule has 1 atom stereocenters. The molecule has 3 heteroatoms. The number of rotatable bonds is 5. The molecule has 1 unspecified atom stereocenters. The maximum Gasteiger partial charge on any atom is 0.0741 e. The van der Waals surface area contributed by atoms with Gasteiger partial charge in [0.25, 0.3) is 0 Å². The van der Waals surface area contributed by atoms with E-state index < -0.39 is 5.60 Å². The molecule has 1 aromatic heterocycles. The van der Waals surface area contributed by atoms with Crippen LogP contribution in [0.5, 0.6) is 0 Å². The van der Waals surface area contributed by atoms with Crippen molar-refractivity contribution in [3.8, 4) is 0 Å². The molecule has 0 fully saturated rings. The van der Waals surface area contributed by atoms with Crippen molar-refractivity contribution in [1.29, 1.82) is 0 Å². The van der Waals surface area contributed by atoms with Crippen LogP contribution in [-0.4, -0.2) is 28.3 Å². The fourth-order valence-electron chi connectivity index (χ4n) is 1.23. The summed E-state index contributed by atoms with van der Waals surface area (Å²) < 4.78 is 0. The molecular formula is C12H20N2O. The summed E-state index contributed by atoms with van der Waals surface area (Å²) in [6.07, 6.45) is 4.58. The third-order valence-corrected chi connectivity index (χ3v) is 2.65. The van der Waals surface area contributed by atoms with Gasteiger partial charge in [0.1, 0.15) is 0 Å². The Labute approximate surface area is 91.5 Å². The number of hydrogen-bond acceptors (Lipinski definition) is 3. The van der Waals surface area contributed by atoms with E-state index in [2.05, 4.69) is 16.4 Å². The molecule has 0 bridgehead atoms. The molecule has 0 spiro atoms. The number of nitrogens with zero attached hydrogens (tertiary/aromatic N) is 1. The van der Waals surface area contributed by atoms with Crippen LogP contribution in [0.1, 0.15) is 26.3 Å². The lowest BCUT2D eigenvalue weighted by Gasteiger charge is -2.26. The van der Waals surface area contributed by atoms with Gasteiger partial charge in [-0.1, -0.05) is 6.07 Å². The molecule has 0 amide bonds. The lowest BCUT2D eigenvalue weighted by Crippen LogP contribution is -2.45. The summed E-state index contributed by atoms with van der Waals surface area (Å²) in [7, 11) is 0. The molecule has 0 saturated heterocycles. The molecule has 1 aromatic rings. The van der Waals surface area contributed by atoms with E-state index in [1.54, 1.807) is 6.20 Å². The Morgan fingerprint density at radius 3 is 2.80 bits per heavy atom. The molecule has 0 saturated carbocycles. The Balaban J connectivity index is 2.28. The monoisotopic (exact) mass is 208 g/mol. The van der Waals surface area contributed by atoms with Crippen molar-refractivity contribution < 1.29 is 5.11 Å². The van der Waals surface area contributed by atoms with Gasteiger partial charge in [-0.05, 0) is 45.4 Å². The second-order valence-corrected chi connectivity index (χ2v) is 4.44. The van der Waals surface area contributed by atoms with Crippen LogP contribution in [0, 0.1) is 0 Å². The largest absolute Gasteiger partial charge is 0.389 e.